The van der Waals surface area contributed by atoms with Crippen molar-refractivity contribution < 1.29 is 32.2 Å². The SMILES string of the molecule is O=C(COC(=O)[C@@H]1CCCO1)Nc1cc(C(F)(F)F)ccc1Cl. The fourth-order valence-corrected chi connectivity index (χ4v) is 2.14. The number of esters is 1. The van der Waals surface area contributed by atoms with Crippen LogP contribution in [0.4, 0.5) is 18.9 Å². The molecular formula is C14H13ClF3NO4. The molecule has 0 spiro atoms. The van der Waals surface area contributed by atoms with Gasteiger partial charge in [-0.2, -0.15) is 13.2 Å². The van der Waals surface area contributed by atoms with Gasteiger partial charge in [-0.15, -0.1) is 0 Å². The summed E-state index contributed by atoms with van der Waals surface area (Å²) in [4.78, 5) is 23.2. The molecule has 1 fully saturated rings. The highest BCUT2D eigenvalue weighted by molar-refractivity contribution is 6.33. The summed E-state index contributed by atoms with van der Waals surface area (Å²) in [5, 5.41) is 2.12. The molecule has 0 unspecified atom stereocenters. The third-order valence-corrected chi connectivity index (χ3v) is 3.44. The third-order valence-electron chi connectivity index (χ3n) is 3.11. The monoisotopic (exact) mass is 351 g/mol. The predicted octanol–water partition coefficient (Wildman–Crippen LogP) is 3.02. The molecule has 2 rings (SSSR count). The Balaban J connectivity index is 1.93. The molecule has 1 atom stereocenters. The molecule has 9 heteroatoms. The highest BCUT2D eigenvalue weighted by Gasteiger charge is 2.31. The molecule has 1 aliphatic rings. The average molecular weight is 352 g/mol. The summed E-state index contributed by atoms with van der Waals surface area (Å²) in [6.45, 7) is -0.183. The van der Waals surface area contributed by atoms with E-state index in [-0.39, 0.29) is 10.7 Å². The zero-order chi connectivity index (χ0) is 17.0. The van der Waals surface area contributed by atoms with Crippen molar-refractivity contribution in [1.29, 1.82) is 0 Å². The molecule has 0 saturated carbocycles. The van der Waals surface area contributed by atoms with Gasteiger partial charge in [0.25, 0.3) is 5.91 Å². The number of alkyl halides is 3. The maximum absolute atomic E-state index is 12.6. The molecule has 1 aliphatic heterocycles. The van der Waals surface area contributed by atoms with E-state index in [1.165, 1.54) is 0 Å². The standard InChI is InChI=1S/C14H13ClF3NO4/c15-9-4-3-8(14(16,17)18)6-10(9)19-12(20)7-23-13(21)11-2-1-5-22-11/h3-4,6,11H,1-2,5,7H2,(H,19,20)/t11-/m0/s1. The van der Waals surface area contributed by atoms with E-state index < -0.39 is 36.3 Å². The Labute approximate surface area is 134 Å². The van der Waals surface area contributed by atoms with Crippen LogP contribution in [0.25, 0.3) is 0 Å². The maximum atomic E-state index is 12.6. The second-order valence-electron chi connectivity index (χ2n) is 4.85. The van der Waals surface area contributed by atoms with Crippen LogP contribution in [0.2, 0.25) is 5.02 Å². The molecule has 1 N–H and O–H groups in total. The lowest BCUT2D eigenvalue weighted by Gasteiger charge is -2.12. The van der Waals surface area contributed by atoms with Crippen LogP contribution in [0, 0.1) is 0 Å². The molecule has 1 heterocycles. The zero-order valence-corrected chi connectivity index (χ0v) is 12.5. The molecule has 5 nitrogen and oxygen atoms in total. The average Bonchev–Trinajstić information content (AvgIpc) is 3.00. The van der Waals surface area contributed by atoms with E-state index in [0.29, 0.717) is 19.1 Å². The van der Waals surface area contributed by atoms with Gasteiger partial charge in [-0.1, -0.05) is 11.6 Å². The second-order valence-corrected chi connectivity index (χ2v) is 5.26. The van der Waals surface area contributed by atoms with Crippen molar-refractivity contribution in [3.63, 3.8) is 0 Å². The van der Waals surface area contributed by atoms with Crippen molar-refractivity contribution in [3.8, 4) is 0 Å². The fourth-order valence-electron chi connectivity index (χ4n) is 1.98. The van der Waals surface area contributed by atoms with Crippen molar-refractivity contribution in [2.75, 3.05) is 18.5 Å². The van der Waals surface area contributed by atoms with Gasteiger partial charge in [-0.05, 0) is 31.0 Å². The van der Waals surface area contributed by atoms with Crippen molar-refractivity contribution in [1.82, 2.24) is 0 Å². The first-order valence-corrected chi connectivity index (χ1v) is 7.10. The summed E-state index contributed by atoms with van der Waals surface area (Å²) in [5.41, 5.74) is -1.16. The van der Waals surface area contributed by atoms with Crippen LogP contribution in [0.5, 0.6) is 0 Å². The normalized spacial score (nSPS) is 17.8. The maximum Gasteiger partial charge on any atom is 0.416 e. The smallest absolute Gasteiger partial charge is 0.416 e. The summed E-state index contributed by atoms with van der Waals surface area (Å²) < 4.78 is 47.7. The minimum atomic E-state index is -4.56. The predicted molar refractivity (Wildman–Crippen MR) is 75.0 cm³/mol. The first kappa shape index (κ1) is 17.6. The Morgan fingerprint density at radius 3 is 2.74 bits per heavy atom. The molecule has 0 radical (unpaired) electrons. The number of nitrogens with one attached hydrogen (secondary N) is 1. The topological polar surface area (TPSA) is 64.6 Å². The fraction of sp³-hybridized carbons (Fsp3) is 0.429. The van der Waals surface area contributed by atoms with Gasteiger partial charge in [0.05, 0.1) is 16.3 Å². The summed E-state index contributed by atoms with van der Waals surface area (Å²) in [6.07, 6.45) is -4.01. The number of ether oxygens (including phenoxy) is 2. The second kappa shape index (κ2) is 7.18. The van der Waals surface area contributed by atoms with Crippen molar-refractivity contribution >= 4 is 29.2 Å². The Bertz CT molecular complexity index is 600. The van der Waals surface area contributed by atoms with Crippen molar-refractivity contribution in [2.45, 2.75) is 25.1 Å². The lowest BCUT2D eigenvalue weighted by Crippen LogP contribution is -2.27. The minimum Gasteiger partial charge on any atom is -0.454 e. The molecule has 23 heavy (non-hydrogen) atoms. The van der Waals surface area contributed by atoms with Crippen LogP contribution in [-0.4, -0.2) is 31.2 Å². The summed E-state index contributed by atoms with van der Waals surface area (Å²) >= 11 is 5.75. The quantitative estimate of drug-likeness (QED) is 0.847. The van der Waals surface area contributed by atoms with E-state index in [4.69, 9.17) is 21.1 Å². The molecule has 1 saturated heterocycles. The molecule has 0 aliphatic carbocycles. The largest absolute Gasteiger partial charge is 0.454 e. The molecular weight excluding hydrogens is 339 g/mol. The molecule has 0 bridgehead atoms. The Hall–Kier alpha value is -1.80. The van der Waals surface area contributed by atoms with Gasteiger partial charge in [-0.25, -0.2) is 4.79 Å². The molecule has 126 valence electrons. The van der Waals surface area contributed by atoms with Crippen LogP contribution >= 0.6 is 11.6 Å². The van der Waals surface area contributed by atoms with Gasteiger partial charge in [0, 0.05) is 6.61 Å². The van der Waals surface area contributed by atoms with E-state index in [9.17, 15) is 22.8 Å². The van der Waals surface area contributed by atoms with Crippen LogP contribution in [-0.2, 0) is 25.2 Å². The third kappa shape index (κ3) is 4.84. The first-order valence-electron chi connectivity index (χ1n) is 6.72. The van der Waals surface area contributed by atoms with E-state index in [1.807, 2.05) is 0 Å². The molecule has 1 amide bonds. The summed E-state index contributed by atoms with van der Waals surface area (Å²) in [5.74, 6) is -1.47. The number of hydrogen-bond acceptors (Lipinski definition) is 4. The van der Waals surface area contributed by atoms with Gasteiger partial charge in [0.2, 0.25) is 0 Å². The van der Waals surface area contributed by atoms with Gasteiger partial charge in [0.15, 0.2) is 12.7 Å². The van der Waals surface area contributed by atoms with Crippen molar-refractivity contribution in [3.05, 3.63) is 28.8 Å². The highest BCUT2D eigenvalue weighted by Crippen LogP contribution is 2.33. The Morgan fingerprint density at radius 1 is 1.39 bits per heavy atom. The number of carbonyl (C=O) groups is 2. The van der Waals surface area contributed by atoms with E-state index in [2.05, 4.69) is 5.32 Å². The van der Waals surface area contributed by atoms with Gasteiger partial charge >= 0.3 is 12.1 Å². The van der Waals surface area contributed by atoms with Crippen LogP contribution in [0.15, 0.2) is 18.2 Å². The summed E-state index contributed by atoms with van der Waals surface area (Å²) in [6, 6.07) is 2.54. The van der Waals surface area contributed by atoms with Gasteiger partial charge in [-0.3, -0.25) is 4.79 Å². The molecule has 1 aromatic carbocycles. The van der Waals surface area contributed by atoms with Crippen LogP contribution in [0.3, 0.4) is 0 Å². The number of benzene rings is 1. The highest BCUT2D eigenvalue weighted by atomic mass is 35.5. The number of rotatable bonds is 4. The van der Waals surface area contributed by atoms with E-state index in [0.717, 1.165) is 18.6 Å². The Morgan fingerprint density at radius 2 is 2.13 bits per heavy atom. The minimum absolute atomic E-state index is 0.0585. The first-order chi connectivity index (χ1) is 10.8. The Kier molecular flexibility index (Phi) is 5.48. The number of anilines is 1. The van der Waals surface area contributed by atoms with Gasteiger partial charge in [0.1, 0.15) is 0 Å². The number of carbonyl (C=O) groups excluding carboxylic acids is 2. The zero-order valence-electron chi connectivity index (χ0n) is 11.8. The molecule has 1 aromatic rings. The van der Waals surface area contributed by atoms with Crippen LogP contribution < -0.4 is 5.32 Å². The lowest BCUT2D eigenvalue weighted by molar-refractivity contribution is -0.156. The van der Waals surface area contributed by atoms with E-state index in [1.54, 1.807) is 0 Å². The summed E-state index contributed by atoms with van der Waals surface area (Å²) in [7, 11) is 0. The van der Waals surface area contributed by atoms with E-state index >= 15 is 0 Å². The van der Waals surface area contributed by atoms with Crippen molar-refractivity contribution in [2.24, 2.45) is 0 Å². The lowest BCUT2D eigenvalue weighted by atomic mass is 10.2. The number of amides is 1. The number of hydrogen-bond donors (Lipinski definition) is 1. The molecule has 0 aromatic heterocycles. The number of halogens is 4. The van der Waals surface area contributed by atoms with Crippen LogP contribution in [0.1, 0.15) is 18.4 Å². The van der Waals surface area contributed by atoms with Gasteiger partial charge < -0.3 is 14.8 Å².